The molecule has 0 aliphatic rings. The average molecular weight is 324 g/mol. The van der Waals surface area contributed by atoms with Crippen LogP contribution in [0.2, 0.25) is 0 Å². The molecule has 0 aliphatic heterocycles. The van der Waals surface area contributed by atoms with Crippen molar-refractivity contribution in [2.45, 2.75) is 13.5 Å². The number of rotatable bonds is 4. The van der Waals surface area contributed by atoms with Crippen molar-refractivity contribution < 1.29 is 4.79 Å². The topological polar surface area (TPSA) is 66.9 Å². The Balaban J connectivity index is 1.62. The number of anilines is 1. The minimum Gasteiger partial charge on any atom is -0.334 e. The monoisotopic (exact) mass is 324 g/mol. The van der Waals surface area contributed by atoms with E-state index in [1.165, 1.54) is 0 Å². The number of aromatic nitrogens is 2. The summed E-state index contributed by atoms with van der Waals surface area (Å²) in [5.41, 5.74) is 3.68. The number of carbonyl (C=O) groups is 1. The van der Waals surface area contributed by atoms with Crippen LogP contribution in [0.3, 0.4) is 0 Å². The Hall–Kier alpha value is -2.73. The summed E-state index contributed by atoms with van der Waals surface area (Å²) >= 11 is 1.59. The number of benzene rings is 1. The fourth-order valence-corrected chi connectivity index (χ4v) is 2.87. The molecule has 1 aromatic carbocycles. The van der Waals surface area contributed by atoms with Gasteiger partial charge < -0.3 is 10.6 Å². The molecule has 3 rings (SSSR count). The van der Waals surface area contributed by atoms with Crippen molar-refractivity contribution >= 4 is 23.1 Å². The van der Waals surface area contributed by atoms with Gasteiger partial charge in [-0.05, 0) is 30.7 Å². The zero-order valence-corrected chi connectivity index (χ0v) is 13.4. The molecule has 23 heavy (non-hydrogen) atoms. The fraction of sp³-hybridized carbons (Fsp3) is 0.118. The third-order valence-corrected chi connectivity index (χ3v) is 4.17. The molecule has 0 unspecified atom stereocenters. The minimum absolute atomic E-state index is 0.249. The van der Waals surface area contributed by atoms with Gasteiger partial charge in [0.05, 0.1) is 0 Å². The van der Waals surface area contributed by atoms with E-state index in [0.29, 0.717) is 6.54 Å². The lowest BCUT2D eigenvalue weighted by molar-refractivity contribution is 0.251. The number of hydrogen-bond acceptors (Lipinski definition) is 4. The third-order valence-electron chi connectivity index (χ3n) is 3.16. The Morgan fingerprint density at radius 1 is 1.26 bits per heavy atom. The van der Waals surface area contributed by atoms with E-state index in [1.807, 2.05) is 48.7 Å². The predicted molar refractivity (Wildman–Crippen MR) is 92.4 cm³/mol. The van der Waals surface area contributed by atoms with Crippen molar-refractivity contribution in [3.8, 4) is 10.6 Å². The molecular formula is C17H16N4OS. The van der Waals surface area contributed by atoms with Crippen LogP contribution in [0.1, 0.15) is 11.3 Å². The lowest BCUT2D eigenvalue weighted by Gasteiger charge is -2.08. The molecule has 0 bridgehead atoms. The van der Waals surface area contributed by atoms with Crippen LogP contribution in [0.25, 0.3) is 10.6 Å². The van der Waals surface area contributed by atoms with Crippen molar-refractivity contribution in [1.82, 2.24) is 15.3 Å². The van der Waals surface area contributed by atoms with Crippen molar-refractivity contribution in [2.24, 2.45) is 0 Å². The first-order chi connectivity index (χ1) is 11.2. The quantitative estimate of drug-likeness (QED) is 0.766. The molecule has 2 aromatic heterocycles. The molecular weight excluding hydrogens is 308 g/mol. The number of aryl methyl sites for hydroxylation is 1. The summed E-state index contributed by atoms with van der Waals surface area (Å²) in [7, 11) is 0. The summed E-state index contributed by atoms with van der Waals surface area (Å²) in [6.07, 6.45) is 3.43. The highest BCUT2D eigenvalue weighted by Gasteiger charge is 2.06. The van der Waals surface area contributed by atoms with Gasteiger partial charge in [-0.15, -0.1) is 11.3 Å². The Labute approximate surface area is 138 Å². The number of urea groups is 1. The third kappa shape index (κ3) is 4.14. The molecule has 0 saturated carbocycles. The number of nitrogens with zero attached hydrogens (tertiary/aromatic N) is 2. The van der Waals surface area contributed by atoms with E-state index >= 15 is 0 Å². The standard InChI is InChI=1S/C17H16N4OS/c1-12-11-23-16(20-12)14-5-2-6-15(8-14)21-17(22)19-10-13-4-3-7-18-9-13/h2-9,11H,10H2,1H3,(H2,19,21,22). The van der Waals surface area contributed by atoms with Gasteiger partial charge in [-0.2, -0.15) is 0 Å². The molecule has 2 N–H and O–H groups in total. The van der Waals surface area contributed by atoms with Gasteiger partial charge in [0.15, 0.2) is 0 Å². The van der Waals surface area contributed by atoms with E-state index in [0.717, 1.165) is 27.5 Å². The minimum atomic E-state index is -0.249. The summed E-state index contributed by atoms with van der Waals surface area (Å²) in [6.45, 7) is 2.40. The van der Waals surface area contributed by atoms with Crippen LogP contribution in [0.5, 0.6) is 0 Å². The van der Waals surface area contributed by atoms with Gasteiger partial charge in [0.1, 0.15) is 5.01 Å². The SMILES string of the molecule is Cc1csc(-c2cccc(NC(=O)NCc3cccnc3)c2)n1. The second-order valence-electron chi connectivity index (χ2n) is 5.04. The number of pyridine rings is 1. The normalized spacial score (nSPS) is 10.3. The van der Waals surface area contributed by atoms with Crippen LogP contribution in [-0.2, 0) is 6.54 Å². The fourth-order valence-electron chi connectivity index (χ4n) is 2.08. The van der Waals surface area contributed by atoms with Crippen LogP contribution in [0, 0.1) is 6.92 Å². The first-order valence-corrected chi connectivity index (χ1v) is 8.05. The lowest BCUT2D eigenvalue weighted by atomic mass is 10.2. The second-order valence-corrected chi connectivity index (χ2v) is 5.90. The van der Waals surface area contributed by atoms with E-state index in [9.17, 15) is 4.79 Å². The molecule has 116 valence electrons. The summed E-state index contributed by atoms with van der Waals surface area (Å²) < 4.78 is 0. The molecule has 0 saturated heterocycles. The van der Waals surface area contributed by atoms with E-state index < -0.39 is 0 Å². The maximum Gasteiger partial charge on any atom is 0.319 e. The molecule has 3 aromatic rings. The van der Waals surface area contributed by atoms with Crippen molar-refractivity contribution in [3.05, 3.63) is 65.4 Å². The molecule has 5 nitrogen and oxygen atoms in total. The number of hydrogen-bond donors (Lipinski definition) is 2. The molecule has 0 spiro atoms. The Bertz CT molecular complexity index is 801. The highest BCUT2D eigenvalue weighted by Crippen LogP contribution is 2.25. The summed E-state index contributed by atoms with van der Waals surface area (Å²) in [6, 6.07) is 11.2. The highest BCUT2D eigenvalue weighted by molar-refractivity contribution is 7.13. The second kappa shape index (κ2) is 7.02. The van der Waals surface area contributed by atoms with Gasteiger partial charge in [-0.3, -0.25) is 4.98 Å². The van der Waals surface area contributed by atoms with E-state index in [2.05, 4.69) is 20.6 Å². The van der Waals surface area contributed by atoms with Gasteiger partial charge >= 0.3 is 6.03 Å². The zero-order valence-electron chi connectivity index (χ0n) is 12.6. The molecule has 0 aliphatic carbocycles. The summed E-state index contributed by atoms with van der Waals surface area (Å²) in [4.78, 5) is 20.5. The first-order valence-electron chi connectivity index (χ1n) is 7.17. The van der Waals surface area contributed by atoms with Crippen LogP contribution in [0.15, 0.2) is 54.2 Å². The zero-order chi connectivity index (χ0) is 16.1. The maximum atomic E-state index is 12.0. The van der Waals surface area contributed by atoms with Gasteiger partial charge in [-0.1, -0.05) is 18.2 Å². The molecule has 0 fully saturated rings. The predicted octanol–water partition coefficient (Wildman–Crippen LogP) is 3.84. The van der Waals surface area contributed by atoms with Crippen LogP contribution in [0.4, 0.5) is 10.5 Å². The Morgan fingerprint density at radius 2 is 2.17 bits per heavy atom. The van der Waals surface area contributed by atoms with E-state index in [4.69, 9.17) is 0 Å². The highest BCUT2D eigenvalue weighted by atomic mass is 32.1. The van der Waals surface area contributed by atoms with Gasteiger partial charge in [0.2, 0.25) is 0 Å². The number of amides is 2. The number of carbonyl (C=O) groups excluding carboxylic acids is 1. The maximum absolute atomic E-state index is 12.0. The van der Waals surface area contributed by atoms with E-state index in [-0.39, 0.29) is 6.03 Å². The lowest BCUT2D eigenvalue weighted by Crippen LogP contribution is -2.28. The Kier molecular flexibility index (Phi) is 4.63. The van der Waals surface area contributed by atoms with Crippen molar-refractivity contribution in [2.75, 3.05) is 5.32 Å². The van der Waals surface area contributed by atoms with Crippen LogP contribution >= 0.6 is 11.3 Å². The molecule has 0 radical (unpaired) electrons. The van der Waals surface area contributed by atoms with Gasteiger partial charge in [-0.25, -0.2) is 9.78 Å². The van der Waals surface area contributed by atoms with Crippen LogP contribution in [-0.4, -0.2) is 16.0 Å². The smallest absolute Gasteiger partial charge is 0.319 e. The number of thiazole rings is 1. The average Bonchev–Trinajstić information content (AvgIpc) is 3.01. The first kappa shape index (κ1) is 15.2. The van der Waals surface area contributed by atoms with Crippen molar-refractivity contribution in [1.29, 1.82) is 0 Å². The van der Waals surface area contributed by atoms with Gasteiger partial charge in [0, 0.05) is 41.3 Å². The van der Waals surface area contributed by atoms with Gasteiger partial charge in [0.25, 0.3) is 0 Å². The molecule has 2 heterocycles. The van der Waals surface area contributed by atoms with Crippen molar-refractivity contribution in [3.63, 3.8) is 0 Å². The van der Waals surface area contributed by atoms with E-state index in [1.54, 1.807) is 23.7 Å². The molecule has 0 atom stereocenters. The molecule has 2 amide bonds. The summed E-state index contributed by atoms with van der Waals surface area (Å²) in [5.74, 6) is 0. The van der Waals surface area contributed by atoms with Crippen LogP contribution < -0.4 is 10.6 Å². The summed E-state index contributed by atoms with van der Waals surface area (Å²) in [5, 5.41) is 8.60. The Morgan fingerprint density at radius 3 is 2.91 bits per heavy atom. The number of nitrogens with one attached hydrogen (secondary N) is 2. The largest absolute Gasteiger partial charge is 0.334 e. The molecule has 6 heteroatoms.